The van der Waals surface area contributed by atoms with Gasteiger partial charge in [-0.2, -0.15) is 0 Å². The van der Waals surface area contributed by atoms with Crippen LogP contribution in [0, 0.1) is 40.9 Å². The Kier molecular flexibility index (Phi) is 4.02. The average molecular weight is 408 g/mol. The van der Waals surface area contributed by atoms with Crippen molar-refractivity contribution in [1.29, 1.82) is 0 Å². The Morgan fingerprint density at radius 1 is 0.724 bits per heavy atom. The Bertz CT molecular complexity index is 833. The second-order valence-electron chi connectivity index (χ2n) is 9.64. The first-order valence-electron chi connectivity index (χ1n) is 9.68. The first-order chi connectivity index (χ1) is 13.4. The van der Waals surface area contributed by atoms with E-state index in [2.05, 4.69) is 0 Å². The summed E-state index contributed by atoms with van der Waals surface area (Å²) in [4.78, 5) is 63.4. The van der Waals surface area contributed by atoms with Gasteiger partial charge < -0.3 is 25.1 Å². The van der Waals surface area contributed by atoms with Crippen molar-refractivity contribution >= 4 is 29.7 Å². The van der Waals surface area contributed by atoms with Gasteiger partial charge in [0.2, 0.25) is 11.8 Å². The van der Waals surface area contributed by atoms with E-state index in [1.54, 1.807) is 20.8 Å². The van der Waals surface area contributed by atoms with E-state index in [-0.39, 0.29) is 24.9 Å². The topological polar surface area (TPSA) is 153 Å². The lowest BCUT2D eigenvalue weighted by atomic mass is 9.93. The summed E-state index contributed by atoms with van der Waals surface area (Å²) in [7, 11) is 0. The Morgan fingerprint density at radius 3 is 1.59 bits per heavy atom. The predicted molar refractivity (Wildman–Crippen MR) is 94.3 cm³/mol. The lowest BCUT2D eigenvalue weighted by molar-refractivity contribution is -0.157. The van der Waals surface area contributed by atoms with Crippen LogP contribution in [0.3, 0.4) is 0 Å². The number of carboxylic acids is 3. The van der Waals surface area contributed by atoms with Crippen molar-refractivity contribution in [1.82, 2.24) is 9.80 Å². The highest BCUT2D eigenvalue weighted by atomic mass is 16.4. The average Bonchev–Trinajstić information content (AvgIpc) is 3.39. The first kappa shape index (κ1) is 19.7. The van der Waals surface area contributed by atoms with E-state index >= 15 is 0 Å². The minimum atomic E-state index is -1.27. The number of nitrogens with zero attached hydrogens (tertiary/aromatic N) is 2. The molecule has 8 atom stereocenters. The fraction of sp³-hybridized carbons (Fsp3) is 0.737. The van der Waals surface area contributed by atoms with Gasteiger partial charge in [-0.25, -0.2) is 4.79 Å². The molecule has 2 saturated carbocycles. The summed E-state index contributed by atoms with van der Waals surface area (Å²) >= 11 is 0. The van der Waals surface area contributed by atoms with Gasteiger partial charge in [0, 0.05) is 30.3 Å². The van der Waals surface area contributed by atoms with Gasteiger partial charge >= 0.3 is 17.9 Å². The van der Waals surface area contributed by atoms with Crippen LogP contribution in [-0.2, 0) is 24.0 Å². The molecule has 1 unspecified atom stereocenters. The van der Waals surface area contributed by atoms with E-state index in [0.29, 0.717) is 0 Å². The zero-order valence-electron chi connectivity index (χ0n) is 16.3. The maximum atomic E-state index is 13.4. The number of likely N-dealkylation sites (tertiary alicyclic amines) is 2. The van der Waals surface area contributed by atoms with Crippen LogP contribution < -0.4 is 0 Å². The summed E-state index contributed by atoms with van der Waals surface area (Å²) < 4.78 is 0. The molecule has 0 aromatic heterocycles. The van der Waals surface area contributed by atoms with Gasteiger partial charge in [0.1, 0.15) is 12.1 Å². The first-order valence-corrected chi connectivity index (χ1v) is 9.68. The molecule has 0 aromatic carbocycles. The molecule has 2 aliphatic carbocycles. The molecule has 158 valence electrons. The number of carboxylic acid groups (broad SMARTS) is 3. The van der Waals surface area contributed by atoms with Crippen LogP contribution in [0.25, 0.3) is 0 Å². The number of carbonyl (C=O) groups excluding carboxylic acids is 2. The minimum Gasteiger partial charge on any atom is -0.481 e. The van der Waals surface area contributed by atoms with Crippen LogP contribution in [0.1, 0.15) is 20.8 Å². The smallest absolute Gasteiger partial charge is 0.326 e. The van der Waals surface area contributed by atoms with Crippen molar-refractivity contribution < 1.29 is 39.3 Å². The van der Waals surface area contributed by atoms with Crippen LogP contribution >= 0.6 is 0 Å². The number of piperidine rings is 2. The standard InChI is InChI=1S/C19H24N2O8/c1-19(2,3)18(29)21-5-7-8(10(7)15(23)24)12(21)14(22)20-4-6-9(11(6)16(25)26)13(20)17(27)28/h6-13H,4-5H2,1-3H3,(H,23,24)(H,25,26)(H,27,28)/t6-,7-,8+,9+,10?,11+,12-,13-/m0/s1. The number of fused-ring (bicyclic) bond motifs is 2. The predicted octanol–water partition coefficient (Wildman–Crippen LogP) is -0.568. The highest BCUT2D eigenvalue weighted by Crippen LogP contribution is 2.59. The zero-order valence-corrected chi connectivity index (χ0v) is 16.3. The maximum absolute atomic E-state index is 13.4. The van der Waals surface area contributed by atoms with Crippen LogP contribution in [0.5, 0.6) is 0 Å². The molecule has 0 aromatic rings. The number of carbonyl (C=O) groups is 5. The summed E-state index contributed by atoms with van der Waals surface area (Å²) in [6, 6.07) is -2.28. The SMILES string of the molecule is CC(C)(C)C(=O)N1C[C@@H]2C(C(=O)O)[C@@H]2[C@H]1C(=O)N1C[C@@H]2[C@@H](C(=O)O)[C@@H]2[C@H]1C(=O)O. The molecule has 0 spiro atoms. The fourth-order valence-corrected chi connectivity index (χ4v) is 5.56. The largest absolute Gasteiger partial charge is 0.481 e. The molecular formula is C19H24N2O8. The molecule has 2 heterocycles. The summed E-state index contributed by atoms with van der Waals surface area (Å²) in [5.74, 6) is -7.66. The van der Waals surface area contributed by atoms with E-state index in [1.165, 1.54) is 4.90 Å². The van der Waals surface area contributed by atoms with Gasteiger partial charge in [-0.05, 0) is 11.8 Å². The van der Waals surface area contributed by atoms with E-state index in [1.807, 2.05) is 0 Å². The summed E-state index contributed by atoms with van der Waals surface area (Å²) in [6.45, 7) is 5.28. The van der Waals surface area contributed by atoms with Crippen molar-refractivity contribution in [3.8, 4) is 0 Å². The Morgan fingerprint density at radius 2 is 1.17 bits per heavy atom. The molecule has 10 heteroatoms. The van der Waals surface area contributed by atoms with Crippen LogP contribution in [-0.4, -0.2) is 80.0 Å². The van der Waals surface area contributed by atoms with Crippen molar-refractivity contribution in [3.05, 3.63) is 0 Å². The molecule has 4 rings (SSSR count). The molecule has 2 aliphatic heterocycles. The van der Waals surface area contributed by atoms with Gasteiger partial charge in [0.25, 0.3) is 0 Å². The van der Waals surface area contributed by atoms with Gasteiger partial charge in [-0.3, -0.25) is 19.2 Å². The minimum absolute atomic E-state index is 0.000602. The van der Waals surface area contributed by atoms with Crippen molar-refractivity contribution in [3.63, 3.8) is 0 Å². The highest BCUT2D eigenvalue weighted by molar-refractivity contribution is 5.96. The second kappa shape index (κ2) is 5.93. The third-order valence-corrected chi connectivity index (χ3v) is 6.94. The molecule has 10 nitrogen and oxygen atoms in total. The molecule has 29 heavy (non-hydrogen) atoms. The number of hydrogen-bond donors (Lipinski definition) is 3. The molecule has 3 N–H and O–H groups in total. The van der Waals surface area contributed by atoms with E-state index in [0.717, 1.165) is 4.90 Å². The van der Waals surface area contributed by atoms with Crippen molar-refractivity contribution in [2.45, 2.75) is 32.9 Å². The van der Waals surface area contributed by atoms with E-state index in [4.69, 9.17) is 0 Å². The number of rotatable bonds is 4. The Balaban J connectivity index is 1.61. The van der Waals surface area contributed by atoms with Crippen LogP contribution in [0.2, 0.25) is 0 Å². The third-order valence-electron chi connectivity index (χ3n) is 6.94. The number of amides is 2. The molecule has 4 fully saturated rings. The van der Waals surface area contributed by atoms with E-state index < -0.39 is 70.9 Å². The van der Waals surface area contributed by atoms with Gasteiger partial charge in [-0.1, -0.05) is 20.8 Å². The number of aliphatic carboxylic acids is 3. The van der Waals surface area contributed by atoms with E-state index in [9.17, 15) is 39.3 Å². The quantitative estimate of drug-likeness (QED) is 0.559. The second-order valence-corrected chi connectivity index (χ2v) is 9.64. The lowest BCUT2D eigenvalue weighted by Crippen LogP contribution is -2.56. The Labute approximate surface area is 166 Å². The fourth-order valence-electron chi connectivity index (χ4n) is 5.56. The summed E-state index contributed by atoms with van der Waals surface area (Å²) in [6.07, 6.45) is 0. The Hall–Kier alpha value is -2.65. The lowest BCUT2D eigenvalue weighted by Gasteiger charge is -2.36. The zero-order chi connectivity index (χ0) is 21.6. The maximum Gasteiger partial charge on any atom is 0.326 e. The molecule has 0 radical (unpaired) electrons. The van der Waals surface area contributed by atoms with Gasteiger partial charge in [-0.15, -0.1) is 0 Å². The van der Waals surface area contributed by atoms with Gasteiger partial charge in [0.05, 0.1) is 11.8 Å². The van der Waals surface area contributed by atoms with Gasteiger partial charge in [0.15, 0.2) is 0 Å². The summed E-state index contributed by atoms with van der Waals surface area (Å²) in [5, 5.41) is 28.3. The summed E-state index contributed by atoms with van der Waals surface area (Å²) in [5.41, 5.74) is -0.776. The molecule has 4 aliphatic rings. The van der Waals surface area contributed by atoms with Crippen LogP contribution in [0.4, 0.5) is 0 Å². The van der Waals surface area contributed by atoms with Crippen molar-refractivity contribution in [2.75, 3.05) is 13.1 Å². The van der Waals surface area contributed by atoms with Crippen LogP contribution in [0.15, 0.2) is 0 Å². The van der Waals surface area contributed by atoms with Crippen molar-refractivity contribution in [2.24, 2.45) is 40.9 Å². The normalized spacial score (nSPS) is 39.6. The monoisotopic (exact) mass is 408 g/mol. The highest BCUT2D eigenvalue weighted by Gasteiger charge is 2.72. The molecular weight excluding hydrogens is 384 g/mol. The number of hydrogen-bond acceptors (Lipinski definition) is 5. The molecule has 2 amide bonds. The molecule has 0 bridgehead atoms. The third kappa shape index (κ3) is 2.71. The molecule has 2 saturated heterocycles.